The fourth-order valence-corrected chi connectivity index (χ4v) is 1.60. The average molecular weight is 223 g/mol. The Labute approximate surface area is 101 Å². The lowest BCUT2D eigenvalue weighted by molar-refractivity contribution is 0.474. The molecule has 0 aliphatic carbocycles. The van der Waals surface area contributed by atoms with Gasteiger partial charge in [0.05, 0.1) is 5.56 Å². The molecular formula is C15H13NO. The molecule has 0 spiro atoms. The predicted molar refractivity (Wildman–Crippen MR) is 68.0 cm³/mol. The van der Waals surface area contributed by atoms with Crippen LogP contribution in [0, 0.1) is 6.57 Å². The molecule has 17 heavy (non-hydrogen) atoms. The highest BCUT2D eigenvalue weighted by molar-refractivity contribution is 5.40. The van der Waals surface area contributed by atoms with E-state index < -0.39 is 0 Å². The highest BCUT2D eigenvalue weighted by Gasteiger charge is 2.14. The zero-order chi connectivity index (χ0) is 12.1. The van der Waals surface area contributed by atoms with Crippen molar-refractivity contribution >= 4 is 0 Å². The van der Waals surface area contributed by atoms with Crippen LogP contribution in [-0.2, 0) is 0 Å². The van der Waals surface area contributed by atoms with Gasteiger partial charge in [0.15, 0.2) is 0 Å². The van der Waals surface area contributed by atoms with Gasteiger partial charge in [-0.25, -0.2) is 6.57 Å². The molecule has 0 N–H and O–H groups in total. The Bertz CT molecular complexity index is 528. The van der Waals surface area contributed by atoms with Gasteiger partial charge in [0.1, 0.15) is 11.5 Å². The molecule has 1 atom stereocenters. The monoisotopic (exact) mass is 223 g/mol. The quantitative estimate of drug-likeness (QED) is 0.700. The first kappa shape index (κ1) is 11.2. The third-order valence-corrected chi connectivity index (χ3v) is 2.53. The largest absolute Gasteiger partial charge is 0.457 e. The van der Waals surface area contributed by atoms with E-state index in [0.29, 0.717) is 0 Å². The maximum absolute atomic E-state index is 7.09. The molecule has 84 valence electrons. The van der Waals surface area contributed by atoms with E-state index in [1.54, 1.807) is 0 Å². The van der Waals surface area contributed by atoms with Gasteiger partial charge in [0.25, 0.3) is 0 Å². The Balaban J connectivity index is 2.31. The van der Waals surface area contributed by atoms with Crippen molar-refractivity contribution in [2.24, 2.45) is 0 Å². The summed E-state index contributed by atoms with van der Waals surface area (Å²) in [4.78, 5) is 3.53. The topological polar surface area (TPSA) is 13.6 Å². The van der Waals surface area contributed by atoms with Crippen LogP contribution in [0.2, 0.25) is 0 Å². The Hall–Kier alpha value is -2.27. The molecule has 0 aliphatic rings. The van der Waals surface area contributed by atoms with E-state index in [1.807, 2.05) is 61.5 Å². The van der Waals surface area contributed by atoms with E-state index >= 15 is 0 Å². The Morgan fingerprint density at radius 2 is 1.65 bits per heavy atom. The van der Waals surface area contributed by atoms with Crippen LogP contribution in [-0.4, -0.2) is 0 Å². The lowest BCUT2D eigenvalue weighted by Gasteiger charge is -2.10. The van der Waals surface area contributed by atoms with Gasteiger partial charge in [-0.1, -0.05) is 30.3 Å². The Kier molecular flexibility index (Phi) is 3.42. The van der Waals surface area contributed by atoms with Crippen molar-refractivity contribution in [3.8, 4) is 11.5 Å². The first-order valence-corrected chi connectivity index (χ1v) is 5.49. The number of hydrogen-bond acceptors (Lipinski definition) is 1. The second kappa shape index (κ2) is 5.18. The summed E-state index contributed by atoms with van der Waals surface area (Å²) in [6.45, 7) is 8.97. The molecule has 0 heterocycles. The van der Waals surface area contributed by atoms with Gasteiger partial charge in [-0.2, -0.15) is 0 Å². The smallest absolute Gasteiger partial charge is 0.249 e. The zero-order valence-corrected chi connectivity index (χ0v) is 9.63. The molecule has 0 bridgehead atoms. The molecule has 0 aliphatic heterocycles. The summed E-state index contributed by atoms with van der Waals surface area (Å²) >= 11 is 0. The molecule has 2 rings (SSSR count). The van der Waals surface area contributed by atoms with Crippen LogP contribution in [0.25, 0.3) is 4.85 Å². The van der Waals surface area contributed by atoms with Crippen LogP contribution in [0.5, 0.6) is 11.5 Å². The van der Waals surface area contributed by atoms with Gasteiger partial charge >= 0.3 is 0 Å². The normalized spacial score (nSPS) is 11.5. The van der Waals surface area contributed by atoms with E-state index in [1.165, 1.54) is 0 Å². The number of para-hydroxylation sites is 2. The minimum atomic E-state index is -0.185. The van der Waals surface area contributed by atoms with Crippen molar-refractivity contribution in [2.75, 3.05) is 0 Å². The second-order valence-corrected chi connectivity index (χ2v) is 3.76. The van der Waals surface area contributed by atoms with E-state index in [0.717, 1.165) is 17.1 Å². The summed E-state index contributed by atoms with van der Waals surface area (Å²) in [6.07, 6.45) is 0. The van der Waals surface area contributed by atoms with Crippen molar-refractivity contribution in [1.82, 2.24) is 0 Å². The molecule has 2 heteroatoms. The molecule has 0 saturated heterocycles. The molecule has 2 aromatic carbocycles. The van der Waals surface area contributed by atoms with E-state index in [4.69, 9.17) is 11.3 Å². The van der Waals surface area contributed by atoms with Gasteiger partial charge in [-0.15, -0.1) is 0 Å². The maximum atomic E-state index is 7.09. The summed E-state index contributed by atoms with van der Waals surface area (Å²) < 4.78 is 5.79. The van der Waals surface area contributed by atoms with Gasteiger partial charge in [-0.3, -0.25) is 0 Å². The maximum Gasteiger partial charge on any atom is 0.249 e. The molecule has 1 unspecified atom stereocenters. The predicted octanol–water partition coefficient (Wildman–Crippen LogP) is 4.46. The lowest BCUT2D eigenvalue weighted by Crippen LogP contribution is -1.93. The number of rotatable bonds is 3. The fourth-order valence-electron chi connectivity index (χ4n) is 1.60. The molecule has 2 nitrogen and oxygen atoms in total. The number of nitrogens with zero attached hydrogens (tertiary/aromatic N) is 1. The molecule has 0 amide bonds. The van der Waals surface area contributed by atoms with Crippen molar-refractivity contribution in [2.45, 2.75) is 13.0 Å². The minimum Gasteiger partial charge on any atom is -0.457 e. The van der Waals surface area contributed by atoms with Crippen LogP contribution in [0.1, 0.15) is 18.5 Å². The minimum absolute atomic E-state index is 0.185. The van der Waals surface area contributed by atoms with Crippen molar-refractivity contribution in [1.29, 1.82) is 0 Å². The van der Waals surface area contributed by atoms with E-state index in [2.05, 4.69) is 4.85 Å². The summed E-state index contributed by atoms with van der Waals surface area (Å²) in [7, 11) is 0. The third-order valence-electron chi connectivity index (χ3n) is 2.53. The number of ether oxygens (including phenoxy) is 1. The van der Waals surface area contributed by atoms with Crippen LogP contribution < -0.4 is 4.74 Å². The molecular weight excluding hydrogens is 210 g/mol. The molecule has 0 saturated carbocycles. The van der Waals surface area contributed by atoms with E-state index in [-0.39, 0.29) is 6.04 Å². The standard InChI is InChI=1S/C15H13NO/c1-12(16-2)14-10-6-7-11-15(14)17-13-8-4-3-5-9-13/h3-12H,1H3. The number of benzene rings is 2. The van der Waals surface area contributed by atoms with Crippen LogP contribution >= 0.6 is 0 Å². The van der Waals surface area contributed by atoms with Gasteiger partial charge in [0.2, 0.25) is 6.04 Å². The Morgan fingerprint density at radius 1 is 1.00 bits per heavy atom. The van der Waals surface area contributed by atoms with Crippen LogP contribution in [0.15, 0.2) is 54.6 Å². The SMILES string of the molecule is [C-]#[N+]C(C)c1ccccc1Oc1ccccc1. The average Bonchev–Trinajstić information content (AvgIpc) is 2.40. The van der Waals surface area contributed by atoms with E-state index in [9.17, 15) is 0 Å². The van der Waals surface area contributed by atoms with Crippen LogP contribution in [0.3, 0.4) is 0 Å². The van der Waals surface area contributed by atoms with Crippen molar-refractivity contribution in [3.05, 3.63) is 71.6 Å². The van der Waals surface area contributed by atoms with Gasteiger partial charge in [-0.05, 0) is 24.3 Å². The summed E-state index contributed by atoms with van der Waals surface area (Å²) in [5, 5.41) is 0. The van der Waals surface area contributed by atoms with Gasteiger partial charge in [0, 0.05) is 6.92 Å². The summed E-state index contributed by atoms with van der Waals surface area (Å²) in [6, 6.07) is 17.1. The Morgan fingerprint density at radius 3 is 2.35 bits per heavy atom. The van der Waals surface area contributed by atoms with Crippen molar-refractivity contribution < 1.29 is 4.74 Å². The molecule has 0 aromatic heterocycles. The van der Waals surface area contributed by atoms with Crippen LogP contribution in [0.4, 0.5) is 0 Å². The lowest BCUT2D eigenvalue weighted by atomic mass is 10.1. The first-order valence-electron chi connectivity index (χ1n) is 5.49. The summed E-state index contributed by atoms with van der Waals surface area (Å²) in [5.74, 6) is 1.54. The highest BCUT2D eigenvalue weighted by Crippen LogP contribution is 2.30. The fraction of sp³-hybridized carbons (Fsp3) is 0.133. The first-order chi connectivity index (χ1) is 8.31. The second-order valence-electron chi connectivity index (χ2n) is 3.76. The summed E-state index contributed by atoms with van der Waals surface area (Å²) in [5.41, 5.74) is 0.923. The number of hydrogen-bond donors (Lipinski definition) is 0. The third kappa shape index (κ3) is 2.64. The van der Waals surface area contributed by atoms with Crippen molar-refractivity contribution in [3.63, 3.8) is 0 Å². The van der Waals surface area contributed by atoms with Gasteiger partial charge < -0.3 is 9.58 Å². The molecule has 2 aromatic rings. The zero-order valence-electron chi connectivity index (χ0n) is 9.63. The molecule has 0 fully saturated rings. The highest BCUT2D eigenvalue weighted by atomic mass is 16.5. The molecule has 0 radical (unpaired) electrons.